The van der Waals surface area contributed by atoms with E-state index in [4.69, 9.17) is 10.5 Å². The van der Waals surface area contributed by atoms with Crippen molar-refractivity contribution in [2.24, 2.45) is 5.92 Å². The number of nitrogens with two attached hydrogens (primary N) is 1. The Balaban J connectivity index is 2.05. The molecule has 0 aromatic heterocycles. The van der Waals surface area contributed by atoms with E-state index in [0.717, 1.165) is 6.42 Å². The van der Waals surface area contributed by atoms with E-state index in [1.165, 1.54) is 12.1 Å². The van der Waals surface area contributed by atoms with Crippen LogP contribution in [0.3, 0.4) is 0 Å². The maximum atomic E-state index is 11.7. The summed E-state index contributed by atoms with van der Waals surface area (Å²) in [5.41, 5.74) is 6.54. The monoisotopic (exact) mass is 222 g/mol. The molecule has 1 heterocycles. The van der Waals surface area contributed by atoms with Crippen LogP contribution in [0, 0.1) is 5.92 Å². The van der Waals surface area contributed by atoms with Crippen molar-refractivity contribution in [3.63, 3.8) is 0 Å². The summed E-state index contributed by atoms with van der Waals surface area (Å²) < 4.78 is 5.13. The molecule has 1 unspecified atom stereocenters. The van der Waals surface area contributed by atoms with Crippen molar-refractivity contribution < 1.29 is 14.6 Å². The van der Waals surface area contributed by atoms with Crippen LogP contribution in [0.15, 0.2) is 18.2 Å². The molecular formula is C11H14N2O3. The summed E-state index contributed by atoms with van der Waals surface area (Å²) in [5, 5.41) is 11.9. The van der Waals surface area contributed by atoms with Gasteiger partial charge in [-0.3, -0.25) is 4.79 Å². The maximum Gasteiger partial charge on any atom is 0.229 e. The standard InChI is InChI=1S/C11H14N2O3/c12-9-5-8(14)1-2-10(9)13-11(15)7-3-4-16-6-7/h1-2,5,7,14H,3-4,6,12H2,(H,13,15). The fourth-order valence-electron chi connectivity index (χ4n) is 1.64. The number of nitrogen functional groups attached to an aromatic ring is 1. The van der Waals surface area contributed by atoms with Crippen LogP contribution in [-0.2, 0) is 9.53 Å². The van der Waals surface area contributed by atoms with Gasteiger partial charge < -0.3 is 20.9 Å². The molecule has 1 fully saturated rings. The van der Waals surface area contributed by atoms with Crippen molar-refractivity contribution in [3.8, 4) is 5.75 Å². The summed E-state index contributed by atoms with van der Waals surface area (Å²) in [5.74, 6) is -0.109. The van der Waals surface area contributed by atoms with Gasteiger partial charge in [0.15, 0.2) is 0 Å². The molecule has 5 nitrogen and oxygen atoms in total. The molecule has 2 rings (SSSR count). The van der Waals surface area contributed by atoms with Crippen LogP contribution in [-0.4, -0.2) is 24.2 Å². The third-order valence-electron chi connectivity index (χ3n) is 2.59. The van der Waals surface area contributed by atoms with Gasteiger partial charge in [-0.2, -0.15) is 0 Å². The molecule has 5 heteroatoms. The van der Waals surface area contributed by atoms with Gasteiger partial charge in [0, 0.05) is 12.7 Å². The molecule has 1 amide bonds. The van der Waals surface area contributed by atoms with Crippen LogP contribution < -0.4 is 11.1 Å². The zero-order valence-electron chi connectivity index (χ0n) is 8.77. The van der Waals surface area contributed by atoms with Crippen LogP contribution in [0.4, 0.5) is 11.4 Å². The van der Waals surface area contributed by atoms with E-state index in [9.17, 15) is 9.90 Å². The number of ether oxygens (including phenoxy) is 1. The van der Waals surface area contributed by atoms with Crippen LogP contribution in [0.5, 0.6) is 5.75 Å². The summed E-state index contributed by atoms with van der Waals surface area (Å²) in [4.78, 5) is 11.7. The van der Waals surface area contributed by atoms with Crippen molar-refractivity contribution in [2.75, 3.05) is 24.3 Å². The van der Waals surface area contributed by atoms with Crippen molar-refractivity contribution in [1.29, 1.82) is 0 Å². The van der Waals surface area contributed by atoms with Crippen LogP contribution >= 0.6 is 0 Å². The Bertz CT molecular complexity index is 400. The van der Waals surface area contributed by atoms with Crippen molar-refractivity contribution >= 4 is 17.3 Å². The zero-order valence-corrected chi connectivity index (χ0v) is 8.77. The van der Waals surface area contributed by atoms with Gasteiger partial charge in [0.1, 0.15) is 5.75 Å². The molecule has 0 radical (unpaired) electrons. The van der Waals surface area contributed by atoms with Gasteiger partial charge in [0.2, 0.25) is 5.91 Å². The molecule has 16 heavy (non-hydrogen) atoms. The largest absolute Gasteiger partial charge is 0.508 e. The lowest BCUT2D eigenvalue weighted by Crippen LogP contribution is -2.23. The fraction of sp³-hybridized carbons (Fsp3) is 0.364. The second-order valence-electron chi connectivity index (χ2n) is 3.82. The number of nitrogens with one attached hydrogen (secondary N) is 1. The summed E-state index contributed by atoms with van der Waals surface area (Å²) in [6.45, 7) is 1.09. The van der Waals surface area contributed by atoms with E-state index in [0.29, 0.717) is 24.6 Å². The Morgan fingerprint density at radius 3 is 3.00 bits per heavy atom. The van der Waals surface area contributed by atoms with Crippen LogP contribution in [0.25, 0.3) is 0 Å². The first-order valence-corrected chi connectivity index (χ1v) is 5.14. The van der Waals surface area contributed by atoms with E-state index in [2.05, 4.69) is 5.32 Å². The molecule has 0 saturated carbocycles. The molecule has 0 bridgehead atoms. The number of carbonyl (C=O) groups is 1. The lowest BCUT2D eigenvalue weighted by Gasteiger charge is -2.11. The summed E-state index contributed by atoms with van der Waals surface area (Å²) >= 11 is 0. The zero-order chi connectivity index (χ0) is 11.5. The van der Waals surface area contributed by atoms with Gasteiger partial charge in [0.05, 0.1) is 23.9 Å². The predicted octanol–water partition coefficient (Wildman–Crippen LogP) is 0.949. The molecule has 1 aromatic rings. The summed E-state index contributed by atoms with van der Waals surface area (Å²) in [7, 11) is 0. The Hall–Kier alpha value is -1.75. The van der Waals surface area contributed by atoms with E-state index >= 15 is 0 Å². The number of rotatable bonds is 2. The molecule has 86 valence electrons. The maximum absolute atomic E-state index is 11.7. The van der Waals surface area contributed by atoms with Crippen LogP contribution in [0.1, 0.15) is 6.42 Å². The highest BCUT2D eigenvalue weighted by atomic mass is 16.5. The first kappa shape index (κ1) is 10.8. The minimum Gasteiger partial charge on any atom is -0.508 e. The van der Waals surface area contributed by atoms with Gasteiger partial charge in [-0.25, -0.2) is 0 Å². The average molecular weight is 222 g/mol. The number of anilines is 2. The summed E-state index contributed by atoms with van der Waals surface area (Å²) in [6.07, 6.45) is 0.740. The fourth-order valence-corrected chi connectivity index (χ4v) is 1.64. The number of carbonyl (C=O) groups excluding carboxylic acids is 1. The smallest absolute Gasteiger partial charge is 0.229 e. The minimum absolute atomic E-state index is 0.0831. The molecular weight excluding hydrogens is 208 g/mol. The third kappa shape index (κ3) is 2.25. The number of benzene rings is 1. The average Bonchev–Trinajstić information content (AvgIpc) is 2.75. The molecule has 1 aliphatic rings. The van der Waals surface area contributed by atoms with Crippen molar-refractivity contribution in [1.82, 2.24) is 0 Å². The molecule has 1 aliphatic heterocycles. The Kier molecular flexibility index (Phi) is 2.96. The molecule has 0 aliphatic carbocycles. The SMILES string of the molecule is Nc1cc(O)ccc1NC(=O)C1CCOC1. The van der Waals surface area contributed by atoms with Gasteiger partial charge in [-0.15, -0.1) is 0 Å². The number of aromatic hydroxyl groups is 1. The third-order valence-corrected chi connectivity index (χ3v) is 2.59. The predicted molar refractivity (Wildman–Crippen MR) is 60.1 cm³/mol. The summed E-state index contributed by atoms with van der Waals surface area (Å²) in [6, 6.07) is 4.47. The van der Waals surface area contributed by atoms with Gasteiger partial charge >= 0.3 is 0 Å². The lowest BCUT2D eigenvalue weighted by molar-refractivity contribution is -0.119. The number of hydrogen-bond donors (Lipinski definition) is 3. The van der Waals surface area contributed by atoms with E-state index < -0.39 is 0 Å². The minimum atomic E-state index is -0.104. The van der Waals surface area contributed by atoms with Gasteiger partial charge in [-0.1, -0.05) is 0 Å². The molecule has 1 aromatic carbocycles. The highest BCUT2D eigenvalue weighted by molar-refractivity contribution is 5.95. The highest BCUT2D eigenvalue weighted by Gasteiger charge is 2.23. The number of phenolic OH excluding ortho intramolecular Hbond substituents is 1. The highest BCUT2D eigenvalue weighted by Crippen LogP contribution is 2.24. The van der Waals surface area contributed by atoms with Crippen LogP contribution in [0.2, 0.25) is 0 Å². The van der Waals surface area contributed by atoms with E-state index in [1.807, 2.05) is 0 Å². The number of phenols is 1. The van der Waals surface area contributed by atoms with E-state index in [-0.39, 0.29) is 17.6 Å². The Labute approximate surface area is 93.2 Å². The second-order valence-corrected chi connectivity index (χ2v) is 3.82. The molecule has 4 N–H and O–H groups in total. The Morgan fingerprint density at radius 1 is 1.56 bits per heavy atom. The molecule has 1 atom stereocenters. The first-order chi connectivity index (χ1) is 7.66. The quantitative estimate of drug-likeness (QED) is 0.513. The second kappa shape index (κ2) is 4.40. The number of amides is 1. The Morgan fingerprint density at radius 2 is 2.38 bits per heavy atom. The van der Waals surface area contributed by atoms with Crippen molar-refractivity contribution in [3.05, 3.63) is 18.2 Å². The molecule has 0 spiro atoms. The topological polar surface area (TPSA) is 84.6 Å². The van der Waals surface area contributed by atoms with Gasteiger partial charge in [-0.05, 0) is 18.6 Å². The number of hydrogen-bond acceptors (Lipinski definition) is 4. The lowest BCUT2D eigenvalue weighted by atomic mass is 10.1. The van der Waals surface area contributed by atoms with Gasteiger partial charge in [0.25, 0.3) is 0 Å². The van der Waals surface area contributed by atoms with E-state index in [1.54, 1.807) is 6.07 Å². The van der Waals surface area contributed by atoms with Crippen molar-refractivity contribution in [2.45, 2.75) is 6.42 Å². The first-order valence-electron chi connectivity index (χ1n) is 5.14. The normalized spacial score (nSPS) is 19.6. The molecule has 1 saturated heterocycles.